The number of hydrogen-bond donors (Lipinski definition) is 1. The van der Waals surface area contributed by atoms with Crippen LogP contribution in [0.3, 0.4) is 0 Å². The number of piperidine rings is 1. The Morgan fingerprint density at radius 3 is 3.08 bits per heavy atom. The summed E-state index contributed by atoms with van der Waals surface area (Å²) in [7, 11) is 0. The van der Waals surface area contributed by atoms with E-state index in [1.165, 1.54) is 0 Å². The van der Waals surface area contributed by atoms with Gasteiger partial charge in [-0.1, -0.05) is 0 Å². The number of nitrogens with zero attached hydrogens (tertiary/aromatic N) is 5. The summed E-state index contributed by atoms with van der Waals surface area (Å²) in [4.78, 5) is 23.7. The number of hydrogen-bond acceptors (Lipinski definition) is 6. The van der Waals surface area contributed by atoms with Crippen LogP contribution in [0.1, 0.15) is 46.4 Å². The standard InChI is InChI=1S/C17H19N5O2S/c23-7-4-12-10-19-15-9-13(20-22(15)11-12)17(24)21-6-2-1-3-14(21)16-18-5-8-25-16/h5,8-11,14,23H,1-4,6-7H2/t14-/m1/s1. The number of carbonyl (C=O) groups excluding carboxylic acids is 1. The molecule has 1 saturated heterocycles. The lowest BCUT2D eigenvalue weighted by atomic mass is 10.0. The smallest absolute Gasteiger partial charge is 0.275 e. The highest BCUT2D eigenvalue weighted by atomic mass is 32.1. The van der Waals surface area contributed by atoms with Crippen LogP contribution in [0.15, 0.2) is 30.0 Å². The Hall–Kier alpha value is -2.32. The van der Waals surface area contributed by atoms with E-state index in [0.29, 0.717) is 17.8 Å². The molecule has 3 aromatic heterocycles. The van der Waals surface area contributed by atoms with Gasteiger partial charge < -0.3 is 10.0 Å². The van der Waals surface area contributed by atoms with E-state index < -0.39 is 0 Å². The third-order valence-electron chi connectivity index (χ3n) is 4.49. The normalized spacial score (nSPS) is 18.0. The maximum atomic E-state index is 13.0. The van der Waals surface area contributed by atoms with Gasteiger partial charge in [-0.15, -0.1) is 11.3 Å². The summed E-state index contributed by atoms with van der Waals surface area (Å²) in [5, 5.41) is 16.4. The van der Waals surface area contributed by atoms with Crippen molar-refractivity contribution in [3.05, 3.63) is 46.3 Å². The van der Waals surface area contributed by atoms with Gasteiger partial charge in [0.15, 0.2) is 11.3 Å². The van der Waals surface area contributed by atoms with Crippen molar-refractivity contribution < 1.29 is 9.90 Å². The predicted octanol–water partition coefficient (Wildman–Crippen LogP) is 2.09. The topological polar surface area (TPSA) is 83.6 Å². The molecule has 130 valence electrons. The molecule has 0 radical (unpaired) electrons. The Balaban J connectivity index is 1.63. The van der Waals surface area contributed by atoms with Gasteiger partial charge in [0, 0.05) is 43.2 Å². The molecule has 1 aliphatic rings. The summed E-state index contributed by atoms with van der Waals surface area (Å²) in [5.74, 6) is -0.0749. The van der Waals surface area contributed by atoms with Crippen molar-refractivity contribution in [2.45, 2.75) is 31.7 Å². The molecular formula is C17H19N5O2S. The van der Waals surface area contributed by atoms with Gasteiger partial charge in [0.25, 0.3) is 5.91 Å². The number of thiazole rings is 1. The van der Waals surface area contributed by atoms with Crippen LogP contribution in [-0.4, -0.2) is 48.6 Å². The Labute approximate surface area is 149 Å². The second-order valence-electron chi connectivity index (χ2n) is 6.15. The minimum absolute atomic E-state index is 0.0315. The van der Waals surface area contributed by atoms with Gasteiger partial charge >= 0.3 is 0 Å². The van der Waals surface area contributed by atoms with Crippen molar-refractivity contribution in [2.24, 2.45) is 0 Å². The van der Waals surface area contributed by atoms with E-state index in [0.717, 1.165) is 36.4 Å². The van der Waals surface area contributed by atoms with Crippen LogP contribution in [0.4, 0.5) is 0 Å². The van der Waals surface area contributed by atoms with Gasteiger partial charge in [-0.25, -0.2) is 14.5 Å². The molecule has 0 aliphatic carbocycles. The third-order valence-corrected chi connectivity index (χ3v) is 5.36. The molecule has 0 spiro atoms. The second-order valence-corrected chi connectivity index (χ2v) is 7.07. The minimum Gasteiger partial charge on any atom is -0.396 e. The second kappa shape index (κ2) is 6.89. The van der Waals surface area contributed by atoms with E-state index in [1.807, 2.05) is 16.5 Å². The average Bonchev–Trinajstić information content (AvgIpc) is 3.31. The average molecular weight is 357 g/mol. The van der Waals surface area contributed by atoms with Gasteiger partial charge in [-0.3, -0.25) is 4.79 Å². The summed E-state index contributed by atoms with van der Waals surface area (Å²) in [6.45, 7) is 0.781. The molecule has 0 aromatic carbocycles. The van der Waals surface area contributed by atoms with Gasteiger partial charge in [-0.2, -0.15) is 5.10 Å². The molecular weight excluding hydrogens is 338 g/mol. The molecule has 1 aliphatic heterocycles. The van der Waals surface area contributed by atoms with Gasteiger partial charge in [-0.05, 0) is 31.2 Å². The van der Waals surface area contributed by atoms with Crippen LogP contribution in [0.5, 0.6) is 0 Å². The van der Waals surface area contributed by atoms with Crippen LogP contribution in [0.2, 0.25) is 0 Å². The van der Waals surface area contributed by atoms with Crippen molar-refractivity contribution in [3.8, 4) is 0 Å². The molecule has 1 fully saturated rings. The Morgan fingerprint density at radius 1 is 1.36 bits per heavy atom. The Bertz CT molecular complexity index is 876. The van der Waals surface area contributed by atoms with Gasteiger partial charge in [0.2, 0.25) is 0 Å². The summed E-state index contributed by atoms with van der Waals surface area (Å²) in [5.41, 5.74) is 1.92. The lowest BCUT2D eigenvalue weighted by molar-refractivity contribution is 0.0604. The largest absolute Gasteiger partial charge is 0.396 e. The van der Waals surface area contributed by atoms with E-state index in [4.69, 9.17) is 5.11 Å². The maximum Gasteiger partial charge on any atom is 0.275 e. The molecule has 25 heavy (non-hydrogen) atoms. The number of aliphatic hydroxyl groups is 1. The number of carbonyl (C=O) groups is 1. The number of rotatable bonds is 4. The molecule has 1 amide bonds. The number of aliphatic hydroxyl groups excluding tert-OH is 1. The zero-order chi connectivity index (χ0) is 17.2. The fourth-order valence-corrected chi connectivity index (χ4v) is 4.04. The van der Waals surface area contributed by atoms with E-state index >= 15 is 0 Å². The number of fused-ring (bicyclic) bond motifs is 1. The first-order chi connectivity index (χ1) is 12.3. The van der Waals surface area contributed by atoms with Gasteiger partial charge in [0.1, 0.15) is 5.01 Å². The first-order valence-electron chi connectivity index (χ1n) is 8.42. The summed E-state index contributed by atoms with van der Waals surface area (Å²) >= 11 is 1.59. The molecule has 4 heterocycles. The summed E-state index contributed by atoms with van der Waals surface area (Å²) in [6, 6.07) is 1.75. The van der Waals surface area contributed by atoms with Crippen LogP contribution < -0.4 is 0 Å². The predicted molar refractivity (Wildman–Crippen MR) is 93.5 cm³/mol. The Morgan fingerprint density at radius 2 is 2.28 bits per heavy atom. The number of aromatic nitrogens is 4. The first kappa shape index (κ1) is 16.2. The molecule has 1 N–H and O–H groups in total. The van der Waals surface area contributed by atoms with E-state index in [1.54, 1.807) is 34.3 Å². The lowest BCUT2D eigenvalue weighted by Crippen LogP contribution is -2.38. The first-order valence-corrected chi connectivity index (χ1v) is 9.30. The van der Waals surface area contributed by atoms with Crippen molar-refractivity contribution in [1.82, 2.24) is 24.5 Å². The van der Waals surface area contributed by atoms with Crippen LogP contribution in [0, 0.1) is 0 Å². The summed E-state index contributed by atoms with van der Waals surface area (Å²) in [6.07, 6.45) is 8.86. The van der Waals surface area contributed by atoms with Crippen molar-refractivity contribution >= 4 is 22.9 Å². The molecule has 0 saturated carbocycles. The van der Waals surface area contributed by atoms with Crippen LogP contribution >= 0.6 is 11.3 Å². The van der Waals surface area contributed by atoms with Crippen molar-refractivity contribution in [1.29, 1.82) is 0 Å². The van der Waals surface area contributed by atoms with Crippen molar-refractivity contribution in [2.75, 3.05) is 13.2 Å². The molecule has 4 rings (SSSR count). The molecule has 7 nitrogen and oxygen atoms in total. The summed E-state index contributed by atoms with van der Waals surface area (Å²) < 4.78 is 1.61. The minimum atomic E-state index is -0.0749. The lowest BCUT2D eigenvalue weighted by Gasteiger charge is -2.34. The zero-order valence-corrected chi connectivity index (χ0v) is 14.5. The molecule has 1 atom stereocenters. The van der Waals surface area contributed by atoms with Crippen LogP contribution in [-0.2, 0) is 6.42 Å². The third kappa shape index (κ3) is 3.14. The fourth-order valence-electron chi connectivity index (χ4n) is 3.26. The van der Waals surface area contributed by atoms with E-state index in [9.17, 15) is 4.79 Å². The molecule has 0 unspecified atom stereocenters. The van der Waals surface area contributed by atoms with Crippen LogP contribution in [0.25, 0.3) is 5.65 Å². The van der Waals surface area contributed by atoms with E-state index in [2.05, 4.69) is 15.1 Å². The monoisotopic (exact) mass is 357 g/mol. The quantitative estimate of drug-likeness (QED) is 0.773. The zero-order valence-electron chi connectivity index (χ0n) is 13.7. The number of likely N-dealkylation sites (tertiary alicyclic amines) is 1. The highest BCUT2D eigenvalue weighted by Gasteiger charge is 2.31. The SMILES string of the molecule is O=C(c1cc2ncc(CCO)cn2n1)N1CCCC[C@@H]1c1nccs1. The maximum absolute atomic E-state index is 13.0. The molecule has 0 bridgehead atoms. The number of amides is 1. The van der Waals surface area contributed by atoms with Crippen molar-refractivity contribution in [3.63, 3.8) is 0 Å². The van der Waals surface area contributed by atoms with Gasteiger partial charge in [0.05, 0.1) is 6.04 Å². The highest BCUT2D eigenvalue weighted by molar-refractivity contribution is 7.09. The highest BCUT2D eigenvalue weighted by Crippen LogP contribution is 2.33. The van der Waals surface area contributed by atoms with E-state index in [-0.39, 0.29) is 18.6 Å². The molecule has 3 aromatic rings. The molecule has 8 heteroatoms. The Kier molecular flexibility index (Phi) is 4.46. The fraction of sp³-hybridized carbons (Fsp3) is 0.412.